The summed E-state index contributed by atoms with van der Waals surface area (Å²) in [7, 11) is -7.56. The Bertz CT molecular complexity index is 2090. The molecule has 56 heavy (non-hydrogen) atoms. The maximum absolute atomic E-state index is 10.5. The molecule has 2 aliphatic heterocycles. The molecule has 0 aliphatic carbocycles. The molecule has 0 spiro atoms. The minimum atomic E-state index is -3.63. The van der Waals surface area contributed by atoms with Crippen LogP contribution in [-0.2, 0) is 13.4 Å². The molecule has 0 saturated heterocycles. The Morgan fingerprint density at radius 2 is 0.857 bits per heavy atom. The molecule has 0 aromatic heterocycles. The zero-order valence-electron chi connectivity index (χ0n) is 29.3. The number of hydroxylamine groups is 4. The van der Waals surface area contributed by atoms with E-state index in [-0.39, 0.29) is 47.8 Å². The number of hydrogen-bond donors (Lipinski definition) is 2. The van der Waals surface area contributed by atoms with Crippen LogP contribution in [0.3, 0.4) is 0 Å². The van der Waals surface area contributed by atoms with Crippen LogP contribution in [-0.4, -0.2) is 122 Å². The van der Waals surface area contributed by atoms with E-state index in [4.69, 9.17) is 65.4 Å². The van der Waals surface area contributed by atoms with Gasteiger partial charge in [-0.3, -0.25) is 20.4 Å². The van der Waals surface area contributed by atoms with Gasteiger partial charge in [0.2, 0.25) is 0 Å². The van der Waals surface area contributed by atoms with E-state index in [0.29, 0.717) is 33.1 Å². The Morgan fingerprint density at radius 3 is 1.12 bits per heavy atom. The summed E-state index contributed by atoms with van der Waals surface area (Å²) < 4.78 is 25.6. The molecular formula is C32H28Al2Cl2N6O11Si3. The fourth-order valence-corrected chi connectivity index (χ4v) is 5.03. The van der Waals surface area contributed by atoms with Crippen LogP contribution in [0, 0.1) is 0 Å². The van der Waals surface area contributed by atoms with Gasteiger partial charge < -0.3 is 42.2 Å². The minimum absolute atomic E-state index is 0. The molecule has 2 N–H and O–H groups in total. The summed E-state index contributed by atoms with van der Waals surface area (Å²) in [5, 5.41) is 27.5. The first-order valence-electron chi connectivity index (χ1n) is 14.9. The molecule has 6 rings (SSSR count). The molecule has 0 bridgehead atoms. The average Bonchev–Trinajstić information content (AvgIpc) is 3.34. The number of hydrogen-bond acceptors (Lipinski definition) is 15. The molecule has 0 atom stereocenters. The van der Waals surface area contributed by atoms with Crippen LogP contribution < -0.4 is 49.9 Å². The van der Waals surface area contributed by atoms with Crippen molar-refractivity contribution >= 4 is 109 Å². The van der Waals surface area contributed by atoms with Crippen molar-refractivity contribution < 1.29 is 52.6 Å². The van der Waals surface area contributed by atoms with Crippen LogP contribution >= 0.6 is 23.2 Å². The van der Waals surface area contributed by atoms with Gasteiger partial charge in [0, 0.05) is 73.2 Å². The van der Waals surface area contributed by atoms with Crippen molar-refractivity contribution in [3.05, 3.63) is 139 Å². The number of rotatable bonds is 2. The van der Waals surface area contributed by atoms with Gasteiger partial charge in [0.25, 0.3) is 0 Å². The Balaban J connectivity index is 0.000000818. The predicted molar refractivity (Wildman–Crippen MR) is 197 cm³/mol. The molecule has 2 aliphatic rings. The predicted octanol–water partition coefficient (Wildman–Crippen LogP) is -5.70. The summed E-state index contributed by atoms with van der Waals surface area (Å²) in [6.07, 6.45) is 0. The van der Waals surface area contributed by atoms with Gasteiger partial charge >= 0.3 is 34.7 Å². The third-order valence-electron chi connectivity index (χ3n) is 6.64. The van der Waals surface area contributed by atoms with Gasteiger partial charge in [-0.2, -0.15) is 0 Å². The summed E-state index contributed by atoms with van der Waals surface area (Å²) in [5.74, 6) is 1.12. The molecule has 2 heterocycles. The largest absolute Gasteiger partial charge is 3.00 e. The third kappa shape index (κ3) is 17.6. The van der Waals surface area contributed by atoms with E-state index in [1.54, 1.807) is 26.2 Å². The molecule has 4 aromatic carbocycles. The van der Waals surface area contributed by atoms with E-state index >= 15 is 0 Å². The summed E-state index contributed by atoms with van der Waals surface area (Å²) in [6.45, 7) is 0.458. The Kier molecular flexibility index (Phi) is 24.3. The quantitative estimate of drug-likeness (QED) is 0.178. The van der Waals surface area contributed by atoms with Crippen LogP contribution in [0.1, 0.15) is 11.1 Å². The van der Waals surface area contributed by atoms with Crippen molar-refractivity contribution in [2.45, 2.75) is 0 Å². The van der Waals surface area contributed by atoms with E-state index in [9.17, 15) is 10.4 Å². The van der Waals surface area contributed by atoms with Crippen LogP contribution in [0.25, 0.3) is 11.4 Å². The van der Waals surface area contributed by atoms with Crippen LogP contribution in [0.15, 0.2) is 117 Å². The standard InChI is InChI=1S/2C16H14ClN3O.2Al.3O3Si/c2*1-18-15-10-20(21)16(11-5-3-2-4-6-11)13-9-12(17)7-8-14(13)19-15;;;3*1-4(2)3/h2*2-9,21H,10H2,1H3;;;;;/q;;2*+3;3*-2. The van der Waals surface area contributed by atoms with Crippen molar-refractivity contribution in [1.82, 2.24) is 10.1 Å². The monoisotopic (exact) mass is 880 g/mol. The topological polar surface area (TPSA) is 286 Å². The smallest absolute Gasteiger partial charge is 0.672 e. The SMILES string of the molecule is CN=C1CN(O)C(c2ccccc2)=c2cc(Cl)ccc2=N1.CN=C1CN(O)C(c2ccccc2)=c2cc(Cl)ccc2=N1.O=[Si]([O-])[O-].O=[Si]([O-])[O-].O=[Si]([O-])[O-].[Al+3].[Al+3]. The molecule has 17 nitrogen and oxygen atoms in total. The third-order valence-corrected chi connectivity index (χ3v) is 7.11. The van der Waals surface area contributed by atoms with Gasteiger partial charge in [-0.25, -0.2) is 20.1 Å². The van der Waals surface area contributed by atoms with E-state index in [2.05, 4.69) is 20.0 Å². The first-order valence-corrected chi connectivity index (χ1v) is 19.4. The maximum atomic E-state index is 10.5. The number of amidine groups is 2. The van der Waals surface area contributed by atoms with E-state index < -0.39 is 27.5 Å². The van der Waals surface area contributed by atoms with Gasteiger partial charge in [-0.1, -0.05) is 83.9 Å². The number of aliphatic imine (C=N–C) groups is 2. The number of fused-ring (bicyclic) bond motifs is 2. The zero-order chi connectivity index (χ0) is 40.4. The van der Waals surface area contributed by atoms with Crippen LogP contribution in [0.4, 0.5) is 0 Å². The van der Waals surface area contributed by atoms with Gasteiger partial charge in [-0.05, 0) is 36.4 Å². The molecule has 284 valence electrons. The molecule has 0 unspecified atom stereocenters. The first-order chi connectivity index (χ1) is 25.6. The van der Waals surface area contributed by atoms with Gasteiger partial charge in [0.1, 0.15) is 24.8 Å². The summed E-state index contributed by atoms with van der Waals surface area (Å²) in [6, 6.07) is 30.2. The molecule has 0 radical (unpaired) electrons. The fraction of sp³-hybridized carbons (Fsp3) is 0.125. The van der Waals surface area contributed by atoms with Crippen molar-refractivity contribution in [3.8, 4) is 0 Å². The molecule has 0 fully saturated rings. The zero-order valence-corrected chi connectivity index (χ0v) is 36.1. The van der Waals surface area contributed by atoms with E-state index in [1.165, 1.54) is 10.1 Å². The van der Waals surface area contributed by atoms with Crippen molar-refractivity contribution in [3.63, 3.8) is 0 Å². The molecule has 24 heteroatoms. The van der Waals surface area contributed by atoms with Crippen molar-refractivity contribution in [2.24, 2.45) is 20.0 Å². The second-order valence-electron chi connectivity index (χ2n) is 10.1. The average molecular weight is 882 g/mol. The van der Waals surface area contributed by atoms with Crippen molar-refractivity contribution in [2.75, 3.05) is 27.2 Å². The van der Waals surface area contributed by atoms with Gasteiger partial charge in [0.05, 0.1) is 22.1 Å². The molecular weight excluding hydrogens is 854 g/mol. The number of halogens is 2. The summed E-state index contributed by atoms with van der Waals surface area (Å²) in [5.41, 5.74) is 3.15. The van der Waals surface area contributed by atoms with Gasteiger partial charge in [-0.15, -0.1) is 0 Å². The van der Waals surface area contributed by atoms with E-state index in [1.807, 2.05) is 84.9 Å². The van der Waals surface area contributed by atoms with Gasteiger partial charge in [0.15, 0.2) is 0 Å². The molecule has 4 aromatic rings. The maximum Gasteiger partial charge on any atom is 3.00 e. The summed E-state index contributed by atoms with van der Waals surface area (Å²) in [4.78, 5) is 68.3. The van der Waals surface area contributed by atoms with Crippen LogP contribution in [0.2, 0.25) is 10.0 Å². The second-order valence-corrected chi connectivity index (χ2v) is 12.5. The minimum Gasteiger partial charge on any atom is -0.672 e. The fourth-order valence-electron chi connectivity index (χ4n) is 4.69. The second kappa shape index (κ2) is 26.4. The normalized spacial score (nSPS) is 13.6. The molecule has 0 saturated carbocycles. The Hall–Kier alpha value is -4.42. The van der Waals surface area contributed by atoms with E-state index in [0.717, 1.165) is 32.3 Å². The summed E-state index contributed by atoms with van der Waals surface area (Å²) >= 11 is 12.2. The Morgan fingerprint density at radius 1 is 0.571 bits per heavy atom. The Labute approximate surface area is 355 Å². The van der Waals surface area contributed by atoms with Crippen LogP contribution in [0.5, 0.6) is 0 Å². The number of benzene rings is 4. The first kappa shape index (κ1) is 51.6. The number of nitrogens with zero attached hydrogens (tertiary/aromatic N) is 6. The van der Waals surface area contributed by atoms with Crippen molar-refractivity contribution in [1.29, 1.82) is 0 Å². The molecule has 0 amide bonds.